The number of fused-ring (bicyclic) bond motifs is 1. The number of hydrogen-bond acceptors (Lipinski definition) is 6. The molecule has 0 bridgehead atoms. The van der Waals surface area contributed by atoms with E-state index in [9.17, 15) is 28.6 Å². The summed E-state index contributed by atoms with van der Waals surface area (Å²) in [4.78, 5) is 31.8. The molecule has 1 aliphatic heterocycles. The average Bonchev–Trinajstić information content (AvgIpc) is 3.59. The van der Waals surface area contributed by atoms with Crippen LogP contribution in [-0.4, -0.2) is 57.0 Å². The van der Waals surface area contributed by atoms with Gasteiger partial charge < -0.3 is 20.4 Å². The first-order valence-corrected chi connectivity index (χ1v) is 11.8. The summed E-state index contributed by atoms with van der Waals surface area (Å²) in [6.45, 7) is 1.54. The summed E-state index contributed by atoms with van der Waals surface area (Å²) in [7, 11) is 0. The van der Waals surface area contributed by atoms with E-state index in [1.54, 1.807) is 6.92 Å². The van der Waals surface area contributed by atoms with Crippen molar-refractivity contribution in [2.45, 2.75) is 38.0 Å². The summed E-state index contributed by atoms with van der Waals surface area (Å²) in [6, 6.07) is 2.09. The van der Waals surface area contributed by atoms with Crippen LogP contribution in [-0.2, 0) is 0 Å². The number of hydrogen-bond donors (Lipinski definition) is 3. The second kappa shape index (κ2) is 9.06. The zero-order valence-electron chi connectivity index (χ0n) is 19.0. The zero-order chi connectivity index (χ0) is 25.9. The molecule has 3 N–H and O–H groups in total. The molecule has 0 radical (unpaired) electrons. The molecule has 5 rings (SSSR count). The number of aliphatic hydroxyl groups excluding tert-OH is 2. The van der Waals surface area contributed by atoms with Crippen molar-refractivity contribution < 1.29 is 28.2 Å². The summed E-state index contributed by atoms with van der Waals surface area (Å²) < 4.78 is 44.9. The fraction of sp³-hybridized carbons (Fsp3) is 0.375. The monoisotopic (exact) mass is 522 g/mol. The van der Waals surface area contributed by atoms with Crippen molar-refractivity contribution in [3.8, 4) is 5.69 Å². The standard InChI is InChI=1S/C24H22ClF3N4O4/c1-10(11-2-3-11)29-24(36)14-7-32(20-15(25)4-12(26)5-16(20)27)22-13(21(14)35)6-17(28)23(30-22)31-8-18(33)19(34)9-31/h4-7,10-11,18-19,33-34H,2-3,8-9H2,1H3,(H,29,36)/t10-,18+,19+/m0/s1. The van der Waals surface area contributed by atoms with Crippen LogP contribution in [0.1, 0.15) is 30.1 Å². The summed E-state index contributed by atoms with van der Waals surface area (Å²) in [5.74, 6) is -3.73. The third-order valence-electron chi connectivity index (χ3n) is 6.63. The first-order chi connectivity index (χ1) is 17.0. The maximum Gasteiger partial charge on any atom is 0.257 e. The van der Waals surface area contributed by atoms with E-state index >= 15 is 4.39 Å². The Morgan fingerprint density at radius 3 is 2.42 bits per heavy atom. The fourth-order valence-electron chi connectivity index (χ4n) is 4.47. The van der Waals surface area contributed by atoms with Gasteiger partial charge >= 0.3 is 0 Å². The predicted octanol–water partition coefficient (Wildman–Crippen LogP) is 2.53. The van der Waals surface area contributed by atoms with Crippen LogP contribution < -0.4 is 15.6 Å². The van der Waals surface area contributed by atoms with Crippen molar-refractivity contribution in [1.82, 2.24) is 14.9 Å². The molecule has 3 aromatic rings. The van der Waals surface area contributed by atoms with Crippen LogP contribution in [0.25, 0.3) is 16.7 Å². The van der Waals surface area contributed by atoms with Gasteiger partial charge in [-0.1, -0.05) is 11.6 Å². The number of rotatable bonds is 5. The largest absolute Gasteiger partial charge is 0.389 e. The second-order valence-electron chi connectivity index (χ2n) is 9.26. The number of benzene rings is 1. The Kier molecular flexibility index (Phi) is 6.17. The highest BCUT2D eigenvalue weighted by molar-refractivity contribution is 6.32. The lowest BCUT2D eigenvalue weighted by atomic mass is 10.1. The minimum atomic E-state index is -1.15. The van der Waals surface area contributed by atoms with Gasteiger partial charge in [0.2, 0.25) is 5.43 Å². The van der Waals surface area contributed by atoms with Crippen LogP contribution in [0, 0.1) is 23.4 Å². The molecule has 12 heteroatoms. The Morgan fingerprint density at radius 2 is 1.81 bits per heavy atom. The smallest absolute Gasteiger partial charge is 0.257 e. The molecule has 0 unspecified atom stereocenters. The van der Waals surface area contributed by atoms with Crippen molar-refractivity contribution in [2.24, 2.45) is 5.92 Å². The quantitative estimate of drug-likeness (QED) is 0.475. The molecule has 36 heavy (non-hydrogen) atoms. The summed E-state index contributed by atoms with van der Waals surface area (Å²) >= 11 is 6.15. The third-order valence-corrected chi connectivity index (χ3v) is 6.91. The third kappa shape index (κ3) is 4.31. The van der Waals surface area contributed by atoms with Crippen LogP contribution in [0.2, 0.25) is 5.02 Å². The van der Waals surface area contributed by atoms with E-state index < -0.39 is 46.6 Å². The molecule has 0 spiro atoms. The number of amides is 1. The number of halogens is 4. The molecule has 1 saturated heterocycles. The van der Waals surface area contributed by atoms with Gasteiger partial charge in [0.05, 0.1) is 22.6 Å². The number of aliphatic hydroxyl groups is 2. The zero-order valence-corrected chi connectivity index (χ0v) is 19.8. The molecule has 1 aromatic carbocycles. The molecule has 1 saturated carbocycles. The maximum atomic E-state index is 15.1. The molecule has 190 valence electrons. The number of nitrogens with zero attached hydrogens (tertiary/aromatic N) is 3. The van der Waals surface area contributed by atoms with Crippen LogP contribution >= 0.6 is 11.6 Å². The van der Waals surface area contributed by atoms with Gasteiger partial charge in [-0.3, -0.25) is 14.2 Å². The molecule has 2 fully saturated rings. The molecular formula is C24H22ClF3N4O4. The summed E-state index contributed by atoms with van der Waals surface area (Å²) in [5, 5.41) is 21.8. The molecule has 2 aliphatic rings. The topological polar surface area (TPSA) is 108 Å². The van der Waals surface area contributed by atoms with Gasteiger partial charge in [0, 0.05) is 31.4 Å². The van der Waals surface area contributed by atoms with Crippen molar-refractivity contribution >= 4 is 34.4 Å². The van der Waals surface area contributed by atoms with E-state index in [2.05, 4.69) is 10.3 Å². The normalized spacial score (nSPS) is 20.7. The first kappa shape index (κ1) is 24.5. The number of nitrogens with one attached hydrogen (secondary N) is 1. The van der Waals surface area contributed by atoms with Crippen molar-refractivity contribution in [3.05, 3.63) is 62.7 Å². The van der Waals surface area contributed by atoms with Gasteiger partial charge in [0.15, 0.2) is 23.1 Å². The summed E-state index contributed by atoms with van der Waals surface area (Å²) in [5.41, 5.74) is -1.86. The SMILES string of the molecule is C[C@H](NC(=O)c1cn(-c2c(F)cc(F)cc2Cl)c2nc(N3C[C@@H](O)[C@H](O)C3)c(F)cc2c1=O)C1CC1. The number of carbonyl (C=O) groups excluding carboxylic acids is 1. The summed E-state index contributed by atoms with van der Waals surface area (Å²) in [6.07, 6.45) is 0.638. The highest BCUT2D eigenvalue weighted by Crippen LogP contribution is 2.33. The Hall–Kier alpha value is -3.15. The van der Waals surface area contributed by atoms with E-state index in [0.717, 1.165) is 35.7 Å². The van der Waals surface area contributed by atoms with E-state index in [4.69, 9.17) is 11.6 Å². The second-order valence-corrected chi connectivity index (χ2v) is 9.67. The molecule has 3 atom stereocenters. The minimum absolute atomic E-state index is 0.133. The van der Waals surface area contributed by atoms with Crippen LogP contribution in [0.4, 0.5) is 19.0 Å². The fourth-order valence-corrected chi connectivity index (χ4v) is 4.76. The van der Waals surface area contributed by atoms with Gasteiger partial charge in [-0.05, 0) is 37.8 Å². The minimum Gasteiger partial charge on any atom is -0.389 e. The highest BCUT2D eigenvalue weighted by Gasteiger charge is 2.33. The first-order valence-electron chi connectivity index (χ1n) is 11.4. The molecule has 8 nitrogen and oxygen atoms in total. The number of anilines is 1. The Bertz CT molecular complexity index is 1410. The van der Waals surface area contributed by atoms with Crippen LogP contribution in [0.15, 0.2) is 29.2 Å². The molecular weight excluding hydrogens is 501 g/mol. The van der Waals surface area contributed by atoms with E-state index in [1.807, 2.05) is 0 Å². The van der Waals surface area contributed by atoms with Gasteiger partial charge in [-0.2, -0.15) is 0 Å². The Balaban J connectivity index is 1.74. The van der Waals surface area contributed by atoms with Crippen LogP contribution in [0.3, 0.4) is 0 Å². The van der Waals surface area contributed by atoms with Crippen molar-refractivity contribution in [3.63, 3.8) is 0 Å². The van der Waals surface area contributed by atoms with Gasteiger partial charge in [0.1, 0.15) is 17.1 Å². The van der Waals surface area contributed by atoms with Gasteiger partial charge in [-0.25, -0.2) is 18.2 Å². The van der Waals surface area contributed by atoms with Gasteiger partial charge in [0.25, 0.3) is 5.91 Å². The maximum absolute atomic E-state index is 15.1. The highest BCUT2D eigenvalue weighted by atomic mass is 35.5. The molecule has 3 heterocycles. The number of pyridine rings is 2. The molecule has 2 aromatic heterocycles. The van der Waals surface area contributed by atoms with Gasteiger partial charge in [-0.15, -0.1) is 0 Å². The Labute approximate surface area is 207 Å². The lowest BCUT2D eigenvalue weighted by molar-refractivity contribution is 0.0572. The van der Waals surface area contributed by atoms with E-state index in [-0.39, 0.29) is 52.6 Å². The van der Waals surface area contributed by atoms with Crippen LogP contribution in [0.5, 0.6) is 0 Å². The van der Waals surface area contributed by atoms with Crippen molar-refractivity contribution in [1.29, 1.82) is 0 Å². The lowest BCUT2D eigenvalue weighted by Gasteiger charge is -2.20. The number of β-amino-alcohol motifs (C(OH)–C–C–N with tert-alkyl or cyclic N) is 2. The number of aromatic nitrogens is 2. The number of carbonyl (C=O) groups is 1. The van der Waals surface area contributed by atoms with E-state index in [0.29, 0.717) is 6.07 Å². The average molecular weight is 523 g/mol. The Morgan fingerprint density at radius 1 is 1.14 bits per heavy atom. The van der Waals surface area contributed by atoms with E-state index in [1.165, 1.54) is 4.90 Å². The molecule has 1 amide bonds. The van der Waals surface area contributed by atoms with Crippen molar-refractivity contribution in [2.75, 3.05) is 18.0 Å². The lowest BCUT2D eigenvalue weighted by Crippen LogP contribution is -2.37. The molecule has 1 aliphatic carbocycles. The predicted molar refractivity (Wildman–Crippen MR) is 126 cm³/mol.